The standard InChI is InChI=1S/C18H25N5O/c1-4-23(5-2)13-12-20-18(24)22-16-8-6-15(7-9-16)17-19-11-10-14(3)21-17/h6-11H,4-5,12-13H2,1-3H3,(H2,20,22,24). The highest BCUT2D eigenvalue weighted by Crippen LogP contribution is 2.17. The molecule has 0 saturated heterocycles. The minimum absolute atomic E-state index is 0.193. The Morgan fingerprint density at radius 3 is 2.46 bits per heavy atom. The fraction of sp³-hybridized carbons (Fsp3) is 0.389. The lowest BCUT2D eigenvalue weighted by Gasteiger charge is -2.18. The molecule has 24 heavy (non-hydrogen) atoms. The molecule has 0 fully saturated rings. The lowest BCUT2D eigenvalue weighted by Crippen LogP contribution is -2.36. The fourth-order valence-corrected chi connectivity index (χ4v) is 2.33. The summed E-state index contributed by atoms with van der Waals surface area (Å²) in [6, 6.07) is 9.18. The van der Waals surface area contributed by atoms with Crippen LogP contribution in [0.5, 0.6) is 0 Å². The van der Waals surface area contributed by atoms with Crippen LogP contribution < -0.4 is 10.6 Å². The molecule has 128 valence electrons. The SMILES string of the molecule is CCN(CC)CCNC(=O)Nc1ccc(-c2nccc(C)n2)cc1. The van der Waals surface area contributed by atoms with Gasteiger partial charge in [-0.15, -0.1) is 0 Å². The Bertz CT molecular complexity index is 653. The van der Waals surface area contributed by atoms with Crippen LogP contribution in [-0.4, -0.2) is 47.1 Å². The molecule has 0 atom stereocenters. The Morgan fingerprint density at radius 2 is 1.83 bits per heavy atom. The van der Waals surface area contributed by atoms with Crippen molar-refractivity contribution in [3.63, 3.8) is 0 Å². The zero-order chi connectivity index (χ0) is 17.4. The van der Waals surface area contributed by atoms with Gasteiger partial charge < -0.3 is 15.5 Å². The number of anilines is 1. The van der Waals surface area contributed by atoms with Crippen molar-refractivity contribution in [3.05, 3.63) is 42.2 Å². The molecule has 2 N–H and O–H groups in total. The van der Waals surface area contributed by atoms with Crippen molar-refractivity contribution in [3.8, 4) is 11.4 Å². The van der Waals surface area contributed by atoms with Crippen molar-refractivity contribution in [2.24, 2.45) is 0 Å². The summed E-state index contributed by atoms with van der Waals surface area (Å²) in [6.45, 7) is 9.62. The van der Waals surface area contributed by atoms with E-state index in [9.17, 15) is 4.79 Å². The highest BCUT2D eigenvalue weighted by Gasteiger charge is 2.05. The van der Waals surface area contributed by atoms with Gasteiger partial charge in [-0.2, -0.15) is 0 Å². The molecule has 1 aromatic carbocycles. The summed E-state index contributed by atoms with van der Waals surface area (Å²) < 4.78 is 0. The maximum Gasteiger partial charge on any atom is 0.319 e. The quantitative estimate of drug-likeness (QED) is 0.820. The van der Waals surface area contributed by atoms with Gasteiger partial charge in [-0.3, -0.25) is 0 Å². The summed E-state index contributed by atoms with van der Waals surface area (Å²) in [5.41, 5.74) is 2.59. The molecular weight excluding hydrogens is 302 g/mol. The van der Waals surface area contributed by atoms with Gasteiger partial charge in [0.15, 0.2) is 5.82 Å². The minimum atomic E-state index is -0.193. The predicted molar refractivity (Wildman–Crippen MR) is 97.0 cm³/mol. The van der Waals surface area contributed by atoms with Crippen LogP contribution in [0.15, 0.2) is 36.5 Å². The lowest BCUT2D eigenvalue weighted by molar-refractivity contribution is 0.248. The second-order valence-electron chi connectivity index (χ2n) is 5.51. The summed E-state index contributed by atoms with van der Waals surface area (Å²) in [7, 11) is 0. The Labute approximate surface area is 143 Å². The Hall–Kier alpha value is -2.47. The average molecular weight is 327 g/mol. The molecule has 2 amide bonds. The van der Waals surface area contributed by atoms with E-state index in [-0.39, 0.29) is 6.03 Å². The molecule has 0 bridgehead atoms. The van der Waals surface area contributed by atoms with Gasteiger partial charge in [0, 0.05) is 36.2 Å². The van der Waals surface area contributed by atoms with E-state index in [2.05, 4.69) is 39.3 Å². The number of urea groups is 1. The molecule has 0 aliphatic rings. The van der Waals surface area contributed by atoms with Crippen molar-refractivity contribution in [2.45, 2.75) is 20.8 Å². The lowest BCUT2D eigenvalue weighted by atomic mass is 10.2. The number of hydrogen-bond acceptors (Lipinski definition) is 4. The van der Waals surface area contributed by atoms with E-state index in [0.717, 1.165) is 36.6 Å². The van der Waals surface area contributed by atoms with Crippen LogP contribution in [0.3, 0.4) is 0 Å². The van der Waals surface area contributed by atoms with E-state index < -0.39 is 0 Å². The number of hydrogen-bond donors (Lipinski definition) is 2. The molecule has 1 aromatic heterocycles. The van der Waals surface area contributed by atoms with E-state index in [1.54, 1.807) is 6.20 Å². The number of aryl methyl sites for hydroxylation is 1. The topological polar surface area (TPSA) is 70.2 Å². The van der Waals surface area contributed by atoms with Crippen molar-refractivity contribution >= 4 is 11.7 Å². The Morgan fingerprint density at radius 1 is 1.12 bits per heavy atom. The van der Waals surface area contributed by atoms with Gasteiger partial charge in [0.25, 0.3) is 0 Å². The van der Waals surface area contributed by atoms with Gasteiger partial charge in [0.05, 0.1) is 0 Å². The zero-order valence-corrected chi connectivity index (χ0v) is 14.5. The number of benzene rings is 1. The molecule has 6 nitrogen and oxygen atoms in total. The number of likely N-dealkylation sites (N-methyl/N-ethyl adjacent to an activating group) is 1. The second kappa shape index (κ2) is 8.98. The van der Waals surface area contributed by atoms with Crippen LogP contribution in [0.25, 0.3) is 11.4 Å². The van der Waals surface area contributed by atoms with Gasteiger partial charge in [0.1, 0.15) is 0 Å². The molecule has 0 saturated carbocycles. The average Bonchev–Trinajstić information content (AvgIpc) is 2.59. The van der Waals surface area contributed by atoms with Crippen molar-refractivity contribution in [2.75, 3.05) is 31.5 Å². The molecule has 0 aliphatic heterocycles. The van der Waals surface area contributed by atoms with Crippen molar-refractivity contribution in [1.29, 1.82) is 0 Å². The van der Waals surface area contributed by atoms with Crippen LogP contribution in [0.2, 0.25) is 0 Å². The fourth-order valence-electron chi connectivity index (χ4n) is 2.33. The van der Waals surface area contributed by atoms with Crippen LogP contribution in [0, 0.1) is 6.92 Å². The van der Waals surface area contributed by atoms with Crippen molar-refractivity contribution < 1.29 is 4.79 Å². The highest BCUT2D eigenvalue weighted by atomic mass is 16.2. The summed E-state index contributed by atoms with van der Waals surface area (Å²) in [5.74, 6) is 0.685. The molecule has 2 rings (SSSR count). The summed E-state index contributed by atoms with van der Waals surface area (Å²) >= 11 is 0. The summed E-state index contributed by atoms with van der Waals surface area (Å²) in [5, 5.41) is 5.70. The number of nitrogens with zero attached hydrogens (tertiary/aromatic N) is 3. The largest absolute Gasteiger partial charge is 0.337 e. The smallest absolute Gasteiger partial charge is 0.319 e. The maximum atomic E-state index is 11.9. The number of carbonyl (C=O) groups is 1. The Kier molecular flexibility index (Phi) is 6.69. The molecule has 2 aromatic rings. The summed E-state index contributed by atoms with van der Waals surface area (Å²) in [6.07, 6.45) is 1.74. The van der Waals surface area contributed by atoms with Crippen LogP contribution in [-0.2, 0) is 0 Å². The predicted octanol–water partition coefficient (Wildman–Crippen LogP) is 2.92. The number of nitrogens with one attached hydrogen (secondary N) is 2. The second-order valence-corrected chi connectivity index (χ2v) is 5.51. The highest BCUT2D eigenvalue weighted by molar-refractivity contribution is 5.89. The number of amides is 2. The van der Waals surface area contributed by atoms with Crippen LogP contribution in [0.1, 0.15) is 19.5 Å². The van der Waals surface area contributed by atoms with Crippen molar-refractivity contribution in [1.82, 2.24) is 20.2 Å². The van der Waals surface area contributed by atoms with E-state index >= 15 is 0 Å². The third-order valence-electron chi connectivity index (χ3n) is 3.80. The molecule has 0 aliphatic carbocycles. The normalized spacial score (nSPS) is 10.7. The molecule has 0 spiro atoms. The first-order valence-electron chi connectivity index (χ1n) is 8.29. The van der Waals surface area contributed by atoms with Gasteiger partial charge in [-0.1, -0.05) is 13.8 Å². The van der Waals surface area contributed by atoms with Gasteiger partial charge in [-0.25, -0.2) is 14.8 Å². The van der Waals surface area contributed by atoms with E-state index in [0.29, 0.717) is 12.4 Å². The van der Waals surface area contributed by atoms with Gasteiger partial charge in [-0.05, 0) is 50.3 Å². The third kappa shape index (κ3) is 5.31. The molecule has 1 heterocycles. The first-order chi connectivity index (χ1) is 11.6. The van der Waals surface area contributed by atoms with Gasteiger partial charge >= 0.3 is 6.03 Å². The van der Waals surface area contributed by atoms with E-state index in [1.165, 1.54) is 0 Å². The molecular formula is C18H25N5O. The summed E-state index contributed by atoms with van der Waals surface area (Å²) in [4.78, 5) is 22.8. The molecule has 0 radical (unpaired) electrons. The maximum absolute atomic E-state index is 11.9. The zero-order valence-electron chi connectivity index (χ0n) is 14.5. The monoisotopic (exact) mass is 327 g/mol. The Balaban J connectivity index is 1.86. The third-order valence-corrected chi connectivity index (χ3v) is 3.80. The first-order valence-corrected chi connectivity index (χ1v) is 8.29. The number of aromatic nitrogens is 2. The number of carbonyl (C=O) groups excluding carboxylic acids is 1. The molecule has 0 unspecified atom stereocenters. The van der Waals surface area contributed by atoms with E-state index in [1.807, 2.05) is 37.3 Å². The number of rotatable bonds is 7. The minimum Gasteiger partial charge on any atom is -0.337 e. The first kappa shape index (κ1) is 17.9. The van der Waals surface area contributed by atoms with Crippen LogP contribution in [0.4, 0.5) is 10.5 Å². The van der Waals surface area contributed by atoms with Gasteiger partial charge in [0.2, 0.25) is 0 Å². The van der Waals surface area contributed by atoms with E-state index in [4.69, 9.17) is 0 Å². The van der Waals surface area contributed by atoms with Crippen LogP contribution >= 0.6 is 0 Å². The molecule has 6 heteroatoms.